The number of ether oxygens (including phenoxy) is 1. The van der Waals surface area contributed by atoms with Crippen molar-refractivity contribution >= 4 is 44.8 Å². The van der Waals surface area contributed by atoms with E-state index in [9.17, 15) is 13.2 Å². The minimum Gasteiger partial charge on any atom is -0.496 e. The summed E-state index contributed by atoms with van der Waals surface area (Å²) in [5.74, 6) is 0.0477. The predicted molar refractivity (Wildman–Crippen MR) is 103 cm³/mol. The molecule has 0 aliphatic heterocycles. The van der Waals surface area contributed by atoms with Crippen molar-refractivity contribution in [2.75, 3.05) is 12.4 Å². The largest absolute Gasteiger partial charge is 0.496 e. The molecule has 0 spiro atoms. The average molecular weight is 417 g/mol. The fourth-order valence-electron chi connectivity index (χ4n) is 2.20. The number of rotatable bonds is 6. The highest BCUT2D eigenvalue weighted by atomic mass is 35.5. The Morgan fingerprint density at radius 2 is 1.81 bits per heavy atom. The number of carbonyl (C=O) groups is 1. The van der Waals surface area contributed by atoms with E-state index in [0.29, 0.717) is 22.0 Å². The van der Waals surface area contributed by atoms with Crippen LogP contribution in [-0.4, -0.2) is 27.5 Å². The molecule has 26 heavy (non-hydrogen) atoms. The Bertz CT molecular complexity index is 932. The summed E-state index contributed by atoms with van der Waals surface area (Å²) in [4.78, 5) is 12.3. The maximum atomic E-state index is 12.5. The molecule has 2 N–H and O–H groups in total. The minimum absolute atomic E-state index is 0.0463. The lowest BCUT2D eigenvalue weighted by atomic mass is 10.2. The van der Waals surface area contributed by atoms with Crippen LogP contribution in [0.4, 0.5) is 5.69 Å². The number of anilines is 1. The van der Waals surface area contributed by atoms with Crippen molar-refractivity contribution < 1.29 is 17.9 Å². The zero-order chi connectivity index (χ0) is 19.5. The van der Waals surface area contributed by atoms with Crippen molar-refractivity contribution in [3.05, 3.63) is 52.0 Å². The van der Waals surface area contributed by atoms with E-state index in [4.69, 9.17) is 27.9 Å². The normalized spacial score (nSPS) is 12.5. The topological polar surface area (TPSA) is 84.5 Å². The number of nitrogens with one attached hydrogen (secondary N) is 2. The summed E-state index contributed by atoms with van der Waals surface area (Å²) in [5, 5.41) is 3.22. The molecule has 2 aromatic carbocycles. The number of methoxy groups -OCH3 is 1. The molecule has 0 radical (unpaired) electrons. The zero-order valence-corrected chi connectivity index (χ0v) is 16.7. The number of aryl methyl sites for hydroxylation is 1. The summed E-state index contributed by atoms with van der Waals surface area (Å²) in [6.07, 6.45) is 0. The molecular formula is C17H18Cl2N2O4S. The highest BCUT2D eigenvalue weighted by molar-refractivity contribution is 7.89. The molecule has 2 rings (SSSR count). The molecule has 140 valence electrons. The third kappa shape index (κ3) is 4.88. The standard InChI is InChI=1S/C17H18Cl2N2O4S/c1-10-8-13(5-7-16(10)25-3)26(23,24)21-11(2)17(22)20-12-4-6-14(18)15(19)9-12/h4-9,11,21H,1-3H3,(H,20,22)/t11-/m0/s1. The molecule has 2 aromatic rings. The van der Waals surface area contributed by atoms with E-state index in [-0.39, 0.29) is 9.92 Å². The van der Waals surface area contributed by atoms with Gasteiger partial charge in [-0.05, 0) is 55.8 Å². The van der Waals surface area contributed by atoms with Crippen LogP contribution in [0.25, 0.3) is 0 Å². The van der Waals surface area contributed by atoms with Crippen molar-refractivity contribution in [2.45, 2.75) is 24.8 Å². The van der Waals surface area contributed by atoms with E-state index in [1.807, 2.05) is 0 Å². The Labute approximate surface area is 162 Å². The van der Waals surface area contributed by atoms with Crippen LogP contribution in [0, 0.1) is 6.92 Å². The van der Waals surface area contributed by atoms with Gasteiger partial charge < -0.3 is 10.1 Å². The van der Waals surface area contributed by atoms with Gasteiger partial charge in [-0.25, -0.2) is 8.42 Å². The molecule has 0 bridgehead atoms. The van der Waals surface area contributed by atoms with Crippen molar-refractivity contribution in [2.24, 2.45) is 0 Å². The maximum Gasteiger partial charge on any atom is 0.242 e. The van der Waals surface area contributed by atoms with Crippen LogP contribution in [0.5, 0.6) is 5.75 Å². The van der Waals surface area contributed by atoms with Gasteiger partial charge in [0.15, 0.2) is 0 Å². The minimum atomic E-state index is -3.87. The van der Waals surface area contributed by atoms with E-state index < -0.39 is 22.0 Å². The fourth-order valence-corrected chi connectivity index (χ4v) is 3.78. The van der Waals surface area contributed by atoms with Gasteiger partial charge in [-0.1, -0.05) is 23.2 Å². The third-order valence-electron chi connectivity index (χ3n) is 3.59. The predicted octanol–water partition coefficient (Wildman–Crippen LogP) is 3.62. The third-order valence-corrected chi connectivity index (χ3v) is 5.87. The number of hydrogen-bond acceptors (Lipinski definition) is 4. The monoisotopic (exact) mass is 416 g/mol. The van der Waals surface area contributed by atoms with Crippen LogP contribution in [0.2, 0.25) is 10.0 Å². The van der Waals surface area contributed by atoms with Crippen LogP contribution in [-0.2, 0) is 14.8 Å². The Morgan fingerprint density at radius 3 is 2.38 bits per heavy atom. The Kier molecular flexibility index (Phi) is 6.52. The lowest BCUT2D eigenvalue weighted by Crippen LogP contribution is -2.41. The van der Waals surface area contributed by atoms with Gasteiger partial charge in [0.25, 0.3) is 0 Å². The van der Waals surface area contributed by atoms with E-state index in [1.54, 1.807) is 19.1 Å². The number of hydrogen-bond donors (Lipinski definition) is 2. The van der Waals surface area contributed by atoms with Crippen LogP contribution in [0.15, 0.2) is 41.3 Å². The van der Waals surface area contributed by atoms with E-state index in [0.717, 1.165) is 0 Å². The smallest absolute Gasteiger partial charge is 0.242 e. The summed E-state index contributed by atoms with van der Waals surface area (Å²) in [5.41, 5.74) is 1.08. The number of sulfonamides is 1. The second-order valence-corrected chi connectivity index (χ2v) is 8.12. The molecule has 1 atom stereocenters. The van der Waals surface area contributed by atoms with Crippen molar-refractivity contribution in [3.8, 4) is 5.75 Å². The second kappa shape index (κ2) is 8.26. The molecule has 0 saturated heterocycles. The van der Waals surface area contributed by atoms with E-state index >= 15 is 0 Å². The first-order valence-electron chi connectivity index (χ1n) is 7.57. The van der Waals surface area contributed by atoms with Gasteiger partial charge in [0.05, 0.1) is 28.1 Å². The van der Waals surface area contributed by atoms with Crippen molar-refractivity contribution in [1.29, 1.82) is 0 Å². The van der Waals surface area contributed by atoms with Crippen molar-refractivity contribution in [1.82, 2.24) is 4.72 Å². The molecule has 0 aliphatic carbocycles. The molecule has 0 aliphatic rings. The summed E-state index contributed by atoms with van der Waals surface area (Å²) in [6.45, 7) is 3.18. The highest BCUT2D eigenvalue weighted by Gasteiger charge is 2.23. The molecule has 9 heteroatoms. The first kappa shape index (κ1) is 20.5. The highest BCUT2D eigenvalue weighted by Crippen LogP contribution is 2.25. The molecule has 0 heterocycles. The lowest BCUT2D eigenvalue weighted by molar-refractivity contribution is -0.117. The van der Waals surface area contributed by atoms with Gasteiger partial charge in [0.2, 0.25) is 15.9 Å². The summed E-state index contributed by atoms with van der Waals surface area (Å²) in [7, 11) is -2.37. The van der Waals surface area contributed by atoms with Crippen LogP contribution in [0.1, 0.15) is 12.5 Å². The molecular weight excluding hydrogens is 399 g/mol. The van der Waals surface area contributed by atoms with Gasteiger partial charge in [-0.3, -0.25) is 4.79 Å². The summed E-state index contributed by atoms with van der Waals surface area (Å²) < 4.78 is 32.4. The lowest BCUT2D eigenvalue weighted by Gasteiger charge is -2.15. The first-order valence-corrected chi connectivity index (χ1v) is 9.81. The van der Waals surface area contributed by atoms with Gasteiger partial charge in [0.1, 0.15) is 5.75 Å². The Hall–Kier alpha value is -1.80. The molecule has 6 nitrogen and oxygen atoms in total. The first-order chi connectivity index (χ1) is 12.1. The number of benzene rings is 2. The van der Waals surface area contributed by atoms with Crippen LogP contribution >= 0.6 is 23.2 Å². The van der Waals surface area contributed by atoms with Gasteiger partial charge in [-0.15, -0.1) is 0 Å². The SMILES string of the molecule is COc1ccc(S(=O)(=O)N[C@@H](C)C(=O)Nc2ccc(Cl)c(Cl)c2)cc1C. The van der Waals surface area contributed by atoms with Gasteiger partial charge in [0, 0.05) is 5.69 Å². The second-order valence-electron chi connectivity index (χ2n) is 5.59. The number of halogens is 2. The zero-order valence-electron chi connectivity index (χ0n) is 14.3. The van der Waals surface area contributed by atoms with E-state index in [1.165, 1.54) is 38.3 Å². The number of carbonyl (C=O) groups excluding carboxylic acids is 1. The van der Waals surface area contributed by atoms with Crippen LogP contribution in [0.3, 0.4) is 0 Å². The van der Waals surface area contributed by atoms with E-state index in [2.05, 4.69) is 10.0 Å². The Balaban J connectivity index is 2.11. The fraction of sp³-hybridized carbons (Fsp3) is 0.235. The molecule has 0 unspecified atom stereocenters. The maximum absolute atomic E-state index is 12.5. The quantitative estimate of drug-likeness (QED) is 0.752. The van der Waals surface area contributed by atoms with Crippen molar-refractivity contribution in [3.63, 3.8) is 0 Å². The summed E-state index contributed by atoms with van der Waals surface area (Å²) in [6, 6.07) is 8.04. The molecule has 0 aromatic heterocycles. The van der Waals surface area contributed by atoms with Crippen LogP contribution < -0.4 is 14.8 Å². The molecule has 1 amide bonds. The van der Waals surface area contributed by atoms with Gasteiger partial charge >= 0.3 is 0 Å². The Morgan fingerprint density at radius 1 is 1.12 bits per heavy atom. The van der Waals surface area contributed by atoms with Gasteiger partial charge in [-0.2, -0.15) is 4.72 Å². The average Bonchev–Trinajstić information content (AvgIpc) is 2.57. The summed E-state index contributed by atoms with van der Waals surface area (Å²) >= 11 is 11.7. The molecule has 0 fully saturated rings. The number of amides is 1. The molecule has 0 saturated carbocycles.